The SMILES string of the molecule is COC(=O)Nc1cccc(OS(=O)(=O)CC2(OC)CCOC2)c1. The van der Waals surface area contributed by atoms with Crippen molar-refractivity contribution >= 4 is 21.9 Å². The molecule has 1 aromatic carbocycles. The number of carbonyl (C=O) groups excluding carboxylic acids is 1. The van der Waals surface area contributed by atoms with Crippen molar-refractivity contribution in [2.45, 2.75) is 12.0 Å². The summed E-state index contributed by atoms with van der Waals surface area (Å²) >= 11 is 0. The molecule has 1 N–H and O–H groups in total. The first kappa shape index (κ1) is 17.5. The van der Waals surface area contributed by atoms with Crippen molar-refractivity contribution < 1.29 is 31.6 Å². The molecule has 0 radical (unpaired) electrons. The molecule has 1 unspecified atom stereocenters. The molecule has 2 rings (SSSR count). The molecule has 0 bridgehead atoms. The largest absolute Gasteiger partial charge is 0.453 e. The smallest absolute Gasteiger partial charge is 0.411 e. The van der Waals surface area contributed by atoms with Gasteiger partial charge in [-0.1, -0.05) is 6.07 Å². The lowest BCUT2D eigenvalue weighted by molar-refractivity contribution is 0.000244. The number of methoxy groups -OCH3 is 2. The van der Waals surface area contributed by atoms with Crippen LogP contribution in [-0.2, 0) is 24.3 Å². The number of nitrogens with one attached hydrogen (secondary N) is 1. The van der Waals surface area contributed by atoms with Gasteiger partial charge >= 0.3 is 16.2 Å². The number of amides is 1. The van der Waals surface area contributed by atoms with E-state index < -0.39 is 21.8 Å². The monoisotopic (exact) mass is 345 g/mol. The Bertz CT molecular complexity index is 653. The zero-order chi connectivity index (χ0) is 16.9. The Kier molecular flexibility index (Phi) is 5.45. The highest BCUT2D eigenvalue weighted by Crippen LogP contribution is 2.26. The molecule has 1 saturated heterocycles. The molecule has 1 aromatic rings. The van der Waals surface area contributed by atoms with E-state index in [0.29, 0.717) is 18.7 Å². The first-order valence-corrected chi connectivity index (χ1v) is 8.46. The molecule has 0 saturated carbocycles. The van der Waals surface area contributed by atoms with E-state index in [9.17, 15) is 13.2 Å². The highest BCUT2D eigenvalue weighted by Gasteiger charge is 2.40. The van der Waals surface area contributed by atoms with Crippen LogP contribution in [0.3, 0.4) is 0 Å². The normalized spacial score (nSPS) is 21.0. The lowest BCUT2D eigenvalue weighted by Crippen LogP contribution is -2.41. The van der Waals surface area contributed by atoms with Crippen molar-refractivity contribution in [1.29, 1.82) is 0 Å². The fourth-order valence-corrected chi connectivity index (χ4v) is 3.66. The third kappa shape index (κ3) is 4.81. The molecule has 9 heteroatoms. The minimum atomic E-state index is -3.89. The molecule has 0 aliphatic carbocycles. The number of rotatable bonds is 6. The van der Waals surface area contributed by atoms with Crippen LogP contribution in [0.5, 0.6) is 5.75 Å². The Hall–Kier alpha value is -1.84. The van der Waals surface area contributed by atoms with Gasteiger partial charge in [0.2, 0.25) is 0 Å². The van der Waals surface area contributed by atoms with E-state index in [1.807, 2.05) is 0 Å². The first-order chi connectivity index (χ1) is 10.9. The van der Waals surface area contributed by atoms with Gasteiger partial charge < -0.3 is 18.4 Å². The zero-order valence-corrected chi connectivity index (χ0v) is 13.7. The molecule has 1 fully saturated rings. The van der Waals surface area contributed by atoms with Gasteiger partial charge in [0.05, 0.1) is 13.7 Å². The molecule has 1 aliphatic rings. The van der Waals surface area contributed by atoms with Crippen LogP contribution in [0.4, 0.5) is 10.5 Å². The highest BCUT2D eigenvalue weighted by molar-refractivity contribution is 7.87. The van der Waals surface area contributed by atoms with E-state index >= 15 is 0 Å². The molecular weight excluding hydrogens is 326 g/mol. The second-order valence-electron chi connectivity index (χ2n) is 5.12. The lowest BCUT2D eigenvalue weighted by atomic mass is 10.1. The maximum atomic E-state index is 12.2. The molecular formula is C14H19NO7S. The number of anilines is 1. The Morgan fingerprint density at radius 1 is 1.39 bits per heavy atom. The lowest BCUT2D eigenvalue weighted by Gasteiger charge is -2.24. The summed E-state index contributed by atoms with van der Waals surface area (Å²) in [7, 11) is -1.21. The molecule has 1 heterocycles. The van der Waals surface area contributed by atoms with Gasteiger partial charge in [-0.15, -0.1) is 0 Å². The molecule has 23 heavy (non-hydrogen) atoms. The van der Waals surface area contributed by atoms with Crippen LogP contribution in [0.2, 0.25) is 0 Å². The van der Waals surface area contributed by atoms with Crippen molar-refractivity contribution in [3.63, 3.8) is 0 Å². The van der Waals surface area contributed by atoms with Crippen LogP contribution in [0.15, 0.2) is 24.3 Å². The van der Waals surface area contributed by atoms with Gasteiger partial charge in [0.25, 0.3) is 0 Å². The number of ether oxygens (including phenoxy) is 3. The summed E-state index contributed by atoms with van der Waals surface area (Å²) in [6, 6.07) is 6.00. The second-order valence-corrected chi connectivity index (χ2v) is 6.69. The van der Waals surface area contributed by atoms with E-state index in [4.69, 9.17) is 13.7 Å². The predicted molar refractivity (Wildman–Crippen MR) is 82.1 cm³/mol. The number of hydrogen-bond acceptors (Lipinski definition) is 7. The fraction of sp³-hybridized carbons (Fsp3) is 0.500. The van der Waals surface area contributed by atoms with Crippen LogP contribution >= 0.6 is 0 Å². The average Bonchev–Trinajstić information content (AvgIpc) is 2.95. The summed E-state index contributed by atoms with van der Waals surface area (Å²) in [6.07, 6.45) is -0.179. The highest BCUT2D eigenvalue weighted by atomic mass is 32.2. The summed E-state index contributed by atoms with van der Waals surface area (Å²) in [4.78, 5) is 11.2. The van der Waals surface area contributed by atoms with E-state index in [2.05, 4.69) is 10.1 Å². The van der Waals surface area contributed by atoms with Crippen molar-refractivity contribution in [1.82, 2.24) is 0 Å². The number of benzene rings is 1. The third-order valence-corrected chi connectivity index (χ3v) is 4.76. The van der Waals surface area contributed by atoms with Crippen molar-refractivity contribution in [2.24, 2.45) is 0 Å². The van der Waals surface area contributed by atoms with Gasteiger partial charge in [-0.3, -0.25) is 5.32 Å². The van der Waals surface area contributed by atoms with Gasteiger partial charge in [0.15, 0.2) is 0 Å². The maximum absolute atomic E-state index is 12.2. The van der Waals surface area contributed by atoms with Crippen LogP contribution in [0, 0.1) is 0 Å². The molecule has 128 valence electrons. The van der Waals surface area contributed by atoms with E-state index in [-0.39, 0.29) is 18.1 Å². The molecule has 0 spiro atoms. The Morgan fingerprint density at radius 2 is 2.17 bits per heavy atom. The Morgan fingerprint density at radius 3 is 2.78 bits per heavy atom. The first-order valence-electron chi connectivity index (χ1n) is 6.88. The van der Waals surface area contributed by atoms with Gasteiger partial charge in [0, 0.05) is 31.9 Å². The van der Waals surface area contributed by atoms with Crippen molar-refractivity contribution in [2.75, 3.05) is 38.5 Å². The van der Waals surface area contributed by atoms with E-state index in [1.165, 1.54) is 26.4 Å². The minimum absolute atomic E-state index is 0.0871. The van der Waals surface area contributed by atoms with E-state index in [1.54, 1.807) is 12.1 Å². The average molecular weight is 345 g/mol. The van der Waals surface area contributed by atoms with Crippen molar-refractivity contribution in [3.05, 3.63) is 24.3 Å². The van der Waals surface area contributed by atoms with Crippen LogP contribution in [0.25, 0.3) is 0 Å². The molecule has 8 nitrogen and oxygen atoms in total. The van der Waals surface area contributed by atoms with Crippen LogP contribution < -0.4 is 9.50 Å². The fourth-order valence-electron chi connectivity index (χ4n) is 2.22. The summed E-state index contributed by atoms with van der Waals surface area (Å²) in [5.74, 6) is -0.227. The van der Waals surface area contributed by atoms with Crippen LogP contribution in [0.1, 0.15) is 6.42 Å². The Labute approximate surface area is 134 Å². The van der Waals surface area contributed by atoms with Gasteiger partial charge in [-0.05, 0) is 12.1 Å². The van der Waals surface area contributed by atoms with Gasteiger partial charge in [0.1, 0.15) is 17.1 Å². The maximum Gasteiger partial charge on any atom is 0.411 e. The number of carbonyl (C=O) groups is 1. The predicted octanol–water partition coefficient (Wildman–Crippen LogP) is 1.38. The second kappa shape index (κ2) is 7.16. The molecule has 1 aliphatic heterocycles. The summed E-state index contributed by atoms with van der Waals surface area (Å²) < 4.78 is 44.6. The standard InChI is InChI=1S/C14H19NO7S/c1-19-13(16)15-11-4-3-5-12(8-11)22-23(17,18)10-14(20-2)6-7-21-9-14/h3-5,8H,6-7,9-10H2,1-2H3,(H,15,16). The zero-order valence-electron chi connectivity index (χ0n) is 12.9. The van der Waals surface area contributed by atoms with Crippen molar-refractivity contribution in [3.8, 4) is 5.75 Å². The van der Waals surface area contributed by atoms with Gasteiger partial charge in [-0.2, -0.15) is 8.42 Å². The summed E-state index contributed by atoms with van der Waals surface area (Å²) in [6.45, 7) is 0.651. The third-order valence-electron chi connectivity index (χ3n) is 3.43. The molecule has 1 atom stereocenters. The molecule has 1 amide bonds. The van der Waals surface area contributed by atoms with Gasteiger partial charge in [-0.25, -0.2) is 4.79 Å². The minimum Gasteiger partial charge on any atom is -0.453 e. The number of hydrogen-bond donors (Lipinski definition) is 1. The van der Waals surface area contributed by atoms with E-state index in [0.717, 1.165) is 0 Å². The quantitative estimate of drug-likeness (QED) is 0.777. The topological polar surface area (TPSA) is 100 Å². The summed E-state index contributed by atoms with van der Waals surface area (Å²) in [5, 5.41) is 2.43. The Balaban J connectivity index is 2.08. The molecule has 0 aromatic heterocycles. The summed E-state index contributed by atoms with van der Waals surface area (Å²) in [5.41, 5.74) is -0.532. The van der Waals surface area contributed by atoms with Crippen LogP contribution in [-0.4, -0.2) is 53.3 Å².